The van der Waals surface area contributed by atoms with Crippen molar-refractivity contribution in [3.8, 4) is 0 Å². The van der Waals surface area contributed by atoms with E-state index in [9.17, 15) is 9.59 Å². The summed E-state index contributed by atoms with van der Waals surface area (Å²) in [5.41, 5.74) is 0.931. The zero-order valence-electron chi connectivity index (χ0n) is 18.7. The van der Waals surface area contributed by atoms with Crippen molar-refractivity contribution < 1.29 is 27.9 Å². The third-order valence-electron chi connectivity index (χ3n) is 4.41. The molecule has 164 valence electrons. The monoisotopic (exact) mass is 433 g/mol. The molecule has 0 atom stereocenters. The molecule has 0 aliphatic rings. The van der Waals surface area contributed by atoms with E-state index >= 15 is 0 Å². The molecule has 0 aliphatic carbocycles. The first-order chi connectivity index (χ1) is 12.9. The van der Waals surface area contributed by atoms with Crippen molar-refractivity contribution in [2.24, 2.45) is 0 Å². The Kier molecular flexibility index (Phi) is 12.6. The van der Waals surface area contributed by atoms with Gasteiger partial charge in [-0.15, -0.1) is 0 Å². The maximum absolute atomic E-state index is 11.5. The van der Waals surface area contributed by atoms with Crippen LogP contribution in [0.15, 0.2) is 12.2 Å². The molecular formula is C19H39NO6Si2. The Morgan fingerprint density at radius 2 is 1.64 bits per heavy atom. The smallest absolute Gasteiger partial charge is 0.407 e. The summed E-state index contributed by atoms with van der Waals surface area (Å²) in [6, 6.07) is 1.06. The molecule has 0 aromatic rings. The third kappa shape index (κ3) is 13.1. The van der Waals surface area contributed by atoms with Crippen LogP contribution in [-0.2, 0) is 23.1 Å². The number of hydrogen-bond donors (Lipinski definition) is 1. The Morgan fingerprint density at radius 1 is 1.00 bits per heavy atom. The molecule has 28 heavy (non-hydrogen) atoms. The van der Waals surface area contributed by atoms with Gasteiger partial charge in [0.05, 0.1) is 13.2 Å². The molecule has 9 heteroatoms. The highest BCUT2D eigenvalue weighted by Gasteiger charge is 2.34. The predicted octanol–water partition coefficient (Wildman–Crippen LogP) is 4.08. The molecule has 0 aromatic carbocycles. The van der Waals surface area contributed by atoms with Crippen LogP contribution in [0.25, 0.3) is 0 Å². The summed E-state index contributed by atoms with van der Waals surface area (Å²) in [7, 11) is -3.29. The molecule has 0 fully saturated rings. The van der Waals surface area contributed by atoms with E-state index in [4.69, 9.17) is 18.3 Å². The van der Waals surface area contributed by atoms with Gasteiger partial charge in [-0.1, -0.05) is 20.4 Å². The number of rotatable bonds is 14. The van der Waals surface area contributed by atoms with Crippen molar-refractivity contribution >= 4 is 28.7 Å². The van der Waals surface area contributed by atoms with Crippen molar-refractivity contribution in [1.29, 1.82) is 0 Å². The minimum Gasteiger partial charge on any atom is -0.460 e. The van der Waals surface area contributed by atoms with Gasteiger partial charge in [0, 0.05) is 12.2 Å². The van der Waals surface area contributed by atoms with Crippen molar-refractivity contribution in [1.82, 2.24) is 5.32 Å². The Morgan fingerprint density at radius 3 is 2.21 bits per heavy atom. The molecule has 0 aromatic heterocycles. The normalized spacial score (nSPS) is 12.0. The first kappa shape index (κ1) is 26.8. The molecule has 0 radical (unpaired) electrons. The highest BCUT2D eigenvalue weighted by atomic mass is 28.4. The van der Waals surface area contributed by atoms with Gasteiger partial charge in [0.25, 0.3) is 0 Å². The number of carbonyl (C=O) groups excluding carboxylic acids is 2. The quantitative estimate of drug-likeness (QED) is 0.192. The molecule has 1 N–H and O–H groups in total. The van der Waals surface area contributed by atoms with Gasteiger partial charge in [0.1, 0.15) is 13.2 Å². The Bertz CT molecular complexity index is 509. The number of esters is 1. The van der Waals surface area contributed by atoms with Gasteiger partial charge in [-0.3, -0.25) is 0 Å². The minimum atomic E-state index is -1.68. The van der Waals surface area contributed by atoms with Gasteiger partial charge in [0.15, 0.2) is 16.6 Å². The first-order valence-electron chi connectivity index (χ1n) is 9.88. The van der Waals surface area contributed by atoms with Crippen LogP contribution in [0, 0.1) is 0 Å². The average molecular weight is 434 g/mol. The predicted molar refractivity (Wildman–Crippen MR) is 117 cm³/mol. The fraction of sp³-hybridized carbons (Fsp3) is 0.789. The van der Waals surface area contributed by atoms with Crippen LogP contribution in [0.2, 0.25) is 37.8 Å². The molecule has 0 aliphatic heterocycles. The SMILES string of the molecule is C=C(C)C(=O)OCCNC(=O)OCCOCCC[Si](C)(C)O[Si](C)(C)C(C)C. The van der Waals surface area contributed by atoms with Crippen LogP contribution in [-0.4, -0.2) is 61.7 Å². The van der Waals surface area contributed by atoms with Gasteiger partial charge in [0.2, 0.25) is 0 Å². The zero-order chi connectivity index (χ0) is 21.8. The van der Waals surface area contributed by atoms with E-state index in [1.54, 1.807) is 6.92 Å². The Balaban J connectivity index is 3.72. The highest BCUT2D eigenvalue weighted by molar-refractivity contribution is 6.85. The van der Waals surface area contributed by atoms with Crippen molar-refractivity contribution in [3.63, 3.8) is 0 Å². The van der Waals surface area contributed by atoms with Gasteiger partial charge < -0.3 is 23.6 Å². The topological polar surface area (TPSA) is 83.1 Å². The van der Waals surface area contributed by atoms with Gasteiger partial charge in [-0.25, -0.2) is 9.59 Å². The van der Waals surface area contributed by atoms with Gasteiger partial charge >= 0.3 is 12.1 Å². The molecule has 0 bridgehead atoms. The van der Waals surface area contributed by atoms with Crippen molar-refractivity contribution in [3.05, 3.63) is 12.2 Å². The number of ether oxygens (including phenoxy) is 3. The van der Waals surface area contributed by atoms with Crippen LogP contribution in [0.3, 0.4) is 0 Å². The van der Waals surface area contributed by atoms with Crippen LogP contribution in [0.1, 0.15) is 27.2 Å². The lowest BCUT2D eigenvalue weighted by Crippen LogP contribution is -2.46. The van der Waals surface area contributed by atoms with E-state index < -0.39 is 28.7 Å². The van der Waals surface area contributed by atoms with Crippen LogP contribution < -0.4 is 5.32 Å². The van der Waals surface area contributed by atoms with Crippen molar-refractivity contribution in [2.75, 3.05) is 33.0 Å². The molecule has 0 saturated heterocycles. The molecule has 0 spiro atoms. The Labute approximate surface area is 172 Å². The molecular weight excluding hydrogens is 394 g/mol. The van der Waals surface area contributed by atoms with Crippen LogP contribution in [0.4, 0.5) is 4.79 Å². The third-order valence-corrected chi connectivity index (χ3v) is 13.1. The largest absolute Gasteiger partial charge is 0.460 e. The zero-order valence-corrected chi connectivity index (χ0v) is 20.7. The van der Waals surface area contributed by atoms with E-state index in [0.29, 0.717) is 24.3 Å². The highest BCUT2D eigenvalue weighted by Crippen LogP contribution is 2.27. The van der Waals surface area contributed by atoms with E-state index in [2.05, 4.69) is 51.9 Å². The molecule has 7 nitrogen and oxygen atoms in total. The molecule has 0 heterocycles. The maximum Gasteiger partial charge on any atom is 0.407 e. The van der Waals surface area contributed by atoms with Crippen LogP contribution in [0.5, 0.6) is 0 Å². The number of amides is 1. The molecule has 1 amide bonds. The second-order valence-electron chi connectivity index (χ2n) is 8.31. The summed E-state index contributed by atoms with van der Waals surface area (Å²) in [4.78, 5) is 22.6. The first-order valence-corrected chi connectivity index (χ1v) is 16.0. The fourth-order valence-electron chi connectivity index (χ4n) is 2.25. The van der Waals surface area contributed by atoms with E-state index in [-0.39, 0.29) is 19.8 Å². The summed E-state index contributed by atoms with van der Waals surface area (Å²) < 4.78 is 21.9. The average Bonchev–Trinajstić information content (AvgIpc) is 2.56. The summed E-state index contributed by atoms with van der Waals surface area (Å²) in [6.45, 7) is 20.1. The number of carbonyl (C=O) groups is 2. The lowest BCUT2D eigenvalue weighted by atomic mass is 10.4. The standard InChI is InChI=1S/C19H39NO6Si2/c1-16(2)18(21)24-12-10-20-19(22)25-14-13-23-11-9-15-27(5,6)26-28(7,8)17(3)4/h17H,1,9-15H2,2-8H3,(H,20,22). The number of hydrogen-bond acceptors (Lipinski definition) is 6. The summed E-state index contributed by atoms with van der Waals surface area (Å²) in [5, 5.41) is 2.50. The summed E-state index contributed by atoms with van der Waals surface area (Å²) in [6.07, 6.45) is 0.389. The number of alkyl carbamates (subject to hydrolysis) is 1. The molecule has 0 saturated carbocycles. The van der Waals surface area contributed by atoms with Crippen molar-refractivity contribution in [2.45, 2.75) is 65.0 Å². The fourth-order valence-corrected chi connectivity index (χ4v) is 10.3. The Hall–Kier alpha value is -1.17. The van der Waals surface area contributed by atoms with E-state index in [0.717, 1.165) is 12.5 Å². The van der Waals surface area contributed by atoms with Gasteiger partial charge in [-0.2, -0.15) is 0 Å². The number of nitrogens with one attached hydrogen (secondary N) is 1. The molecule has 0 unspecified atom stereocenters. The summed E-state index contributed by atoms with van der Waals surface area (Å²) in [5.74, 6) is -0.477. The molecule has 0 rings (SSSR count). The summed E-state index contributed by atoms with van der Waals surface area (Å²) >= 11 is 0. The minimum absolute atomic E-state index is 0.0789. The second kappa shape index (κ2) is 13.1. The van der Waals surface area contributed by atoms with Gasteiger partial charge in [-0.05, 0) is 51.1 Å². The van der Waals surface area contributed by atoms with E-state index in [1.807, 2.05) is 0 Å². The van der Waals surface area contributed by atoms with Crippen LogP contribution >= 0.6 is 0 Å². The lowest BCUT2D eigenvalue weighted by Gasteiger charge is -2.36. The lowest BCUT2D eigenvalue weighted by molar-refractivity contribution is -0.138. The van der Waals surface area contributed by atoms with E-state index in [1.165, 1.54) is 0 Å². The second-order valence-corrected chi connectivity index (χ2v) is 17.5. The maximum atomic E-state index is 11.5.